The highest BCUT2D eigenvalue weighted by Crippen LogP contribution is 2.22. The highest BCUT2D eigenvalue weighted by Gasteiger charge is 2.26. The number of ether oxygens (including phenoxy) is 1. The van der Waals surface area contributed by atoms with Crippen LogP contribution >= 0.6 is 0 Å². The first-order valence-corrected chi connectivity index (χ1v) is 8.18. The van der Waals surface area contributed by atoms with E-state index in [2.05, 4.69) is 10.3 Å². The number of H-pyrrole nitrogens is 1. The van der Waals surface area contributed by atoms with Gasteiger partial charge in [-0.25, -0.2) is 4.79 Å². The highest BCUT2D eigenvalue weighted by atomic mass is 16.5. The molecule has 1 saturated carbocycles. The third-order valence-electron chi connectivity index (χ3n) is 4.24. The van der Waals surface area contributed by atoms with E-state index in [1.54, 1.807) is 27.7 Å². The molecule has 1 aromatic rings. The zero-order valence-electron chi connectivity index (χ0n) is 14.2. The molecular formula is C17H26N2O4. The number of aryl methyl sites for hydroxylation is 1. The van der Waals surface area contributed by atoms with E-state index in [0.717, 1.165) is 12.8 Å². The summed E-state index contributed by atoms with van der Waals surface area (Å²) in [6.45, 7) is 7.10. The first-order valence-electron chi connectivity index (χ1n) is 8.18. The zero-order valence-corrected chi connectivity index (χ0v) is 14.2. The molecule has 0 saturated heterocycles. The number of hydrogen-bond donors (Lipinski definition) is 3. The Balaban J connectivity index is 2.11. The first-order chi connectivity index (χ1) is 10.8. The molecule has 3 N–H and O–H groups in total. The molecule has 6 nitrogen and oxygen atoms in total. The quantitative estimate of drug-likeness (QED) is 0.741. The lowest BCUT2D eigenvalue weighted by Gasteiger charge is -2.26. The van der Waals surface area contributed by atoms with Crippen LogP contribution in [0.5, 0.6) is 0 Å². The number of aromatic nitrogens is 1. The molecule has 0 bridgehead atoms. The van der Waals surface area contributed by atoms with Crippen molar-refractivity contribution < 1.29 is 19.4 Å². The number of aliphatic hydroxyl groups is 1. The van der Waals surface area contributed by atoms with E-state index in [-0.39, 0.29) is 24.2 Å². The molecule has 6 heteroatoms. The number of carbonyl (C=O) groups excluding carboxylic acids is 2. The molecule has 23 heavy (non-hydrogen) atoms. The fourth-order valence-electron chi connectivity index (χ4n) is 3.03. The number of amides is 1. The number of carbonyl (C=O) groups is 2. The summed E-state index contributed by atoms with van der Waals surface area (Å²) in [5.74, 6) is -0.623. The molecule has 0 aliphatic heterocycles. The third kappa shape index (κ3) is 4.13. The predicted octanol–water partition coefficient (Wildman–Crippen LogP) is 2.23. The SMILES string of the molecule is Cc1[nH]c(C(=O)NC2CCC(O)CC2)c(C)c1C(=O)OC(C)C. The van der Waals surface area contributed by atoms with Crippen LogP contribution in [0.15, 0.2) is 0 Å². The summed E-state index contributed by atoms with van der Waals surface area (Å²) in [5.41, 5.74) is 2.09. The summed E-state index contributed by atoms with van der Waals surface area (Å²) in [6, 6.07) is 0.0694. The van der Waals surface area contributed by atoms with Gasteiger partial charge in [0.15, 0.2) is 0 Å². The van der Waals surface area contributed by atoms with Crippen LogP contribution in [-0.2, 0) is 4.74 Å². The van der Waals surface area contributed by atoms with Crippen LogP contribution in [0, 0.1) is 13.8 Å². The molecule has 0 aromatic carbocycles. The Labute approximate surface area is 136 Å². The average molecular weight is 322 g/mol. The molecular weight excluding hydrogens is 296 g/mol. The molecule has 0 spiro atoms. The lowest BCUT2D eigenvalue weighted by Crippen LogP contribution is -2.39. The second-order valence-electron chi connectivity index (χ2n) is 6.56. The van der Waals surface area contributed by atoms with Crippen molar-refractivity contribution in [2.75, 3.05) is 0 Å². The predicted molar refractivity (Wildman–Crippen MR) is 86.5 cm³/mol. The Morgan fingerprint density at radius 3 is 2.39 bits per heavy atom. The lowest BCUT2D eigenvalue weighted by atomic mass is 9.93. The average Bonchev–Trinajstić information content (AvgIpc) is 2.76. The Bertz CT molecular complexity index is 584. The van der Waals surface area contributed by atoms with Crippen LogP contribution in [0.25, 0.3) is 0 Å². The van der Waals surface area contributed by atoms with Gasteiger partial charge in [0.1, 0.15) is 5.69 Å². The van der Waals surface area contributed by atoms with Gasteiger partial charge in [-0.3, -0.25) is 4.79 Å². The maximum absolute atomic E-state index is 12.5. The van der Waals surface area contributed by atoms with E-state index in [0.29, 0.717) is 35.4 Å². The minimum Gasteiger partial charge on any atom is -0.459 e. The van der Waals surface area contributed by atoms with Crippen molar-refractivity contribution in [2.24, 2.45) is 0 Å². The molecule has 0 radical (unpaired) electrons. The first kappa shape index (κ1) is 17.5. The Hall–Kier alpha value is -1.82. The second-order valence-corrected chi connectivity index (χ2v) is 6.56. The summed E-state index contributed by atoms with van der Waals surface area (Å²) >= 11 is 0. The van der Waals surface area contributed by atoms with E-state index in [9.17, 15) is 14.7 Å². The van der Waals surface area contributed by atoms with Crippen molar-refractivity contribution in [3.63, 3.8) is 0 Å². The molecule has 1 aliphatic carbocycles. The van der Waals surface area contributed by atoms with Crippen LogP contribution in [0.3, 0.4) is 0 Å². The van der Waals surface area contributed by atoms with Crippen LogP contribution in [0.2, 0.25) is 0 Å². The molecule has 0 atom stereocenters. The standard InChI is InChI=1S/C17H26N2O4/c1-9(2)23-17(22)14-10(3)15(18-11(14)4)16(21)19-12-5-7-13(20)8-6-12/h9,12-13,18,20H,5-8H2,1-4H3,(H,19,21). The van der Waals surface area contributed by atoms with Crippen molar-refractivity contribution in [1.29, 1.82) is 0 Å². The molecule has 2 rings (SSSR count). The van der Waals surface area contributed by atoms with Gasteiger partial charge in [0, 0.05) is 11.7 Å². The second kappa shape index (κ2) is 7.17. The van der Waals surface area contributed by atoms with E-state index < -0.39 is 5.97 Å². The van der Waals surface area contributed by atoms with Crippen molar-refractivity contribution in [3.05, 3.63) is 22.5 Å². The van der Waals surface area contributed by atoms with Gasteiger partial charge in [0.05, 0.1) is 17.8 Å². The smallest absolute Gasteiger partial charge is 0.340 e. The molecule has 1 aromatic heterocycles. The Kier molecular flexibility index (Phi) is 5.46. The van der Waals surface area contributed by atoms with Gasteiger partial charge in [-0.2, -0.15) is 0 Å². The minimum atomic E-state index is -0.411. The summed E-state index contributed by atoms with van der Waals surface area (Å²) in [7, 11) is 0. The number of hydrogen-bond acceptors (Lipinski definition) is 4. The van der Waals surface area contributed by atoms with E-state index in [1.807, 2.05) is 0 Å². The van der Waals surface area contributed by atoms with Gasteiger partial charge >= 0.3 is 5.97 Å². The molecule has 1 aliphatic rings. The topological polar surface area (TPSA) is 91.4 Å². The van der Waals surface area contributed by atoms with Gasteiger partial charge in [0.25, 0.3) is 5.91 Å². The van der Waals surface area contributed by atoms with Crippen molar-refractivity contribution >= 4 is 11.9 Å². The van der Waals surface area contributed by atoms with Crippen molar-refractivity contribution in [1.82, 2.24) is 10.3 Å². The fourth-order valence-corrected chi connectivity index (χ4v) is 3.03. The Morgan fingerprint density at radius 1 is 1.22 bits per heavy atom. The van der Waals surface area contributed by atoms with E-state index >= 15 is 0 Å². The van der Waals surface area contributed by atoms with Gasteiger partial charge < -0.3 is 20.1 Å². The summed E-state index contributed by atoms with van der Waals surface area (Å²) < 4.78 is 5.23. The van der Waals surface area contributed by atoms with E-state index in [1.165, 1.54) is 0 Å². The molecule has 1 amide bonds. The normalized spacial score (nSPS) is 21.3. The molecule has 0 unspecified atom stereocenters. The van der Waals surface area contributed by atoms with Crippen LogP contribution in [-0.4, -0.2) is 40.2 Å². The number of aromatic amines is 1. The van der Waals surface area contributed by atoms with Crippen LogP contribution < -0.4 is 5.32 Å². The third-order valence-corrected chi connectivity index (χ3v) is 4.24. The van der Waals surface area contributed by atoms with Gasteiger partial charge in [-0.1, -0.05) is 0 Å². The summed E-state index contributed by atoms with van der Waals surface area (Å²) in [6.07, 6.45) is 2.50. The largest absolute Gasteiger partial charge is 0.459 e. The van der Waals surface area contributed by atoms with Gasteiger partial charge in [-0.05, 0) is 58.9 Å². The molecule has 128 valence electrons. The maximum Gasteiger partial charge on any atom is 0.340 e. The molecule has 1 heterocycles. The number of esters is 1. The number of aliphatic hydroxyl groups excluding tert-OH is 1. The fraction of sp³-hybridized carbons (Fsp3) is 0.647. The summed E-state index contributed by atoms with van der Waals surface area (Å²) in [5, 5.41) is 12.5. The lowest BCUT2D eigenvalue weighted by molar-refractivity contribution is 0.0376. The van der Waals surface area contributed by atoms with Crippen LogP contribution in [0.4, 0.5) is 0 Å². The zero-order chi connectivity index (χ0) is 17.1. The monoisotopic (exact) mass is 322 g/mol. The highest BCUT2D eigenvalue weighted by molar-refractivity contribution is 6.00. The Morgan fingerprint density at radius 2 is 1.83 bits per heavy atom. The van der Waals surface area contributed by atoms with Crippen LogP contribution in [0.1, 0.15) is 71.6 Å². The van der Waals surface area contributed by atoms with Crippen molar-refractivity contribution in [3.8, 4) is 0 Å². The molecule has 1 fully saturated rings. The number of rotatable bonds is 4. The number of nitrogens with one attached hydrogen (secondary N) is 2. The van der Waals surface area contributed by atoms with Gasteiger partial charge in [0.2, 0.25) is 0 Å². The van der Waals surface area contributed by atoms with Crippen molar-refractivity contribution in [2.45, 2.75) is 71.6 Å². The van der Waals surface area contributed by atoms with E-state index in [4.69, 9.17) is 4.74 Å². The van der Waals surface area contributed by atoms with Gasteiger partial charge in [-0.15, -0.1) is 0 Å². The maximum atomic E-state index is 12.5. The summed E-state index contributed by atoms with van der Waals surface area (Å²) in [4.78, 5) is 27.6. The minimum absolute atomic E-state index is 0.0694.